The van der Waals surface area contributed by atoms with Crippen LogP contribution in [0.5, 0.6) is 0 Å². The molecule has 0 bridgehead atoms. The Balaban J connectivity index is 2.17. The van der Waals surface area contributed by atoms with Crippen LogP contribution in [0, 0.1) is 0 Å². The van der Waals surface area contributed by atoms with E-state index in [1.807, 2.05) is 0 Å². The lowest BCUT2D eigenvalue weighted by atomic mass is 9.97. The van der Waals surface area contributed by atoms with E-state index in [0.29, 0.717) is 0 Å². The monoisotopic (exact) mass is 250 g/mol. The molecular weight excluding hydrogens is 231 g/mol. The Hall–Kier alpha value is -0.270. The first-order chi connectivity index (χ1) is 7.98. The van der Waals surface area contributed by atoms with E-state index in [1.165, 1.54) is 14.2 Å². The molecule has 0 N–H and O–H groups in total. The predicted octanol–water partition coefficient (Wildman–Crippen LogP) is 0.862. The van der Waals surface area contributed by atoms with Crippen molar-refractivity contribution in [2.24, 2.45) is 0 Å². The van der Waals surface area contributed by atoms with Crippen LogP contribution in [0.1, 0.15) is 13.8 Å². The van der Waals surface area contributed by atoms with Gasteiger partial charge in [0, 0.05) is 14.2 Å². The first-order valence-electron chi connectivity index (χ1n) is 5.65. The Labute approximate surface area is 100 Å². The second-order valence-electron chi connectivity index (χ2n) is 4.72. The minimum atomic E-state index is -1.53. The summed E-state index contributed by atoms with van der Waals surface area (Å²) in [5, 5.41) is 0. The first kappa shape index (κ1) is 13.2. The lowest BCUT2D eigenvalue weighted by Gasteiger charge is -2.48. The van der Waals surface area contributed by atoms with E-state index in [0.717, 1.165) is 0 Å². The van der Waals surface area contributed by atoms with Gasteiger partial charge >= 0.3 is 0 Å². The quantitative estimate of drug-likeness (QED) is 0.727. The number of alkyl halides is 1. The Morgan fingerprint density at radius 2 is 1.82 bits per heavy atom. The molecule has 0 spiro atoms. The molecule has 0 amide bonds. The van der Waals surface area contributed by atoms with E-state index in [2.05, 4.69) is 0 Å². The van der Waals surface area contributed by atoms with Crippen molar-refractivity contribution in [1.29, 1.82) is 0 Å². The van der Waals surface area contributed by atoms with Gasteiger partial charge in [-0.15, -0.1) is 0 Å². The topological polar surface area (TPSA) is 46.2 Å². The standard InChI is InChI=1S/C11H19FO5/c1-11(2)15-5-6-7(17-11)8(13-3)9(14-4)10(12)16-6/h6-10H,5H2,1-4H3/t6-,7-,8+,9-,10-/m1/s1. The second kappa shape index (κ2) is 4.78. The zero-order valence-corrected chi connectivity index (χ0v) is 10.5. The van der Waals surface area contributed by atoms with Crippen LogP contribution in [0.4, 0.5) is 4.39 Å². The summed E-state index contributed by atoms with van der Waals surface area (Å²) >= 11 is 0. The average Bonchev–Trinajstić information content (AvgIpc) is 2.27. The maximum absolute atomic E-state index is 13.7. The molecule has 17 heavy (non-hydrogen) atoms. The summed E-state index contributed by atoms with van der Waals surface area (Å²) in [6, 6.07) is 0. The fourth-order valence-electron chi connectivity index (χ4n) is 2.30. The molecule has 2 saturated heterocycles. The Kier molecular flexibility index (Phi) is 3.70. The molecule has 5 atom stereocenters. The fraction of sp³-hybridized carbons (Fsp3) is 1.00. The van der Waals surface area contributed by atoms with Crippen molar-refractivity contribution in [1.82, 2.24) is 0 Å². The summed E-state index contributed by atoms with van der Waals surface area (Å²) < 4.78 is 40.5. The minimum absolute atomic E-state index is 0.286. The van der Waals surface area contributed by atoms with Gasteiger partial charge in [-0.3, -0.25) is 0 Å². The van der Waals surface area contributed by atoms with E-state index in [-0.39, 0.29) is 12.7 Å². The predicted molar refractivity (Wildman–Crippen MR) is 56.3 cm³/mol. The van der Waals surface area contributed by atoms with Gasteiger partial charge in [0.15, 0.2) is 5.79 Å². The highest BCUT2D eigenvalue weighted by molar-refractivity contribution is 4.94. The van der Waals surface area contributed by atoms with Crippen LogP contribution in [-0.4, -0.2) is 57.4 Å². The molecule has 0 unspecified atom stereocenters. The largest absolute Gasteiger partial charge is 0.376 e. The lowest BCUT2D eigenvalue weighted by molar-refractivity contribution is -0.372. The molecule has 5 nitrogen and oxygen atoms in total. The third-order valence-corrected chi connectivity index (χ3v) is 3.14. The van der Waals surface area contributed by atoms with Crippen molar-refractivity contribution in [3.63, 3.8) is 0 Å². The van der Waals surface area contributed by atoms with Crippen molar-refractivity contribution in [2.45, 2.75) is 50.4 Å². The smallest absolute Gasteiger partial charge is 0.228 e. The van der Waals surface area contributed by atoms with Crippen molar-refractivity contribution < 1.29 is 28.1 Å². The molecule has 0 aromatic carbocycles. The van der Waals surface area contributed by atoms with E-state index in [1.54, 1.807) is 13.8 Å². The first-order valence-corrected chi connectivity index (χ1v) is 5.65. The summed E-state index contributed by atoms with van der Waals surface area (Å²) in [7, 11) is 2.94. The number of rotatable bonds is 2. The van der Waals surface area contributed by atoms with Gasteiger partial charge in [-0.1, -0.05) is 0 Å². The molecular formula is C11H19FO5. The molecule has 0 saturated carbocycles. The van der Waals surface area contributed by atoms with Crippen LogP contribution in [0.3, 0.4) is 0 Å². The number of hydrogen-bond acceptors (Lipinski definition) is 5. The maximum atomic E-state index is 13.7. The Morgan fingerprint density at radius 1 is 1.18 bits per heavy atom. The van der Waals surface area contributed by atoms with E-state index in [4.69, 9.17) is 23.7 Å². The molecule has 2 rings (SSSR count). The maximum Gasteiger partial charge on any atom is 0.228 e. The normalized spacial score (nSPS) is 45.4. The van der Waals surface area contributed by atoms with Crippen LogP contribution in [0.2, 0.25) is 0 Å². The third kappa shape index (κ3) is 2.46. The number of hydrogen-bond donors (Lipinski definition) is 0. The molecule has 0 aliphatic carbocycles. The van der Waals surface area contributed by atoms with Gasteiger partial charge < -0.3 is 23.7 Å². The van der Waals surface area contributed by atoms with Gasteiger partial charge in [0.1, 0.15) is 24.4 Å². The van der Waals surface area contributed by atoms with Crippen LogP contribution >= 0.6 is 0 Å². The van der Waals surface area contributed by atoms with Gasteiger partial charge in [0.05, 0.1) is 6.61 Å². The molecule has 0 aromatic heterocycles. The van der Waals surface area contributed by atoms with Crippen molar-refractivity contribution >= 4 is 0 Å². The van der Waals surface area contributed by atoms with Crippen molar-refractivity contribution in [3.05, 3.63) is 0 Å². The minimum Gasteiger partial charge on any atom is -0.376 e. The van der Waals surface area contributed by atoms with Gasteiger partial charge in [-0.25, -0.2) is 4.39 Å². The van der Waals surface area contributed by atoms with Crippen LogP contribution in [-0.2, 0) is 23.7 Å². The molecule has 2 fully saturated rings. The molecule has 2 aliphatic rings. The zero-order valence-electron chi connectivity index (χ0n) is 10.5. The SMILES string of the molecule is CO[C@@H]1[C@@H](OC)[C@H](F)O[C@@H]2COC(C)(C)O[C@@H]12. The Bertz CT molecular complexity index is 273. The summed E-state index contributed by atoms with van der Waals surface area (Å²) in [4.78, 5) is 0. The third-order valence-electron chi connectivity index (χ3n) is 3.14. The van der Waals surface area contributed by atoms with Crippen molar-refractivity contribution in [3.8, 4) is 0 Å². The number of methoxy groups -OCH3 is 2. The van der Waals surface area contributed by atoms with E-state index in [9.17, 15) is 4.39 Å². The van der Waals surface area contributed by atoms with Gasteiger partial charge in [0.25, 0.3) is 0 Å². The molecule has 2 aliphatic heterocycles. The molecule has 100 valence electrons. The summed E-state index contributed by atoms with van der Waals surface area (Å²) in [5.41, 5.74) is 0. The highest BCUT2D eigenvalue weighted by Crippen LogP contribution is 2.34. The summed E-state index contributed by atoms with van der Waals surface area (Å²) in [6.45, 7) is 3.90. The van der Waals surface area contributed by atoms with E-state index < -0.39 is 30.5 Å². The van der Waals surface area contributed by atoms with E-state index >= 15 is 0 Å². The van der Waals surface area contributed by atoms with Crippen molar-refractivity contribution in [2.75, 3.05) is 20.8 Å². The Morgan fingerprint density at radius 3 is 2.41 bits per heavy atom. The molecule has 0 radical (unpaired) electrons. The highest BCUT2D eigenvalue weighted by Gasteiger charge is 2.52. The second-order valence-corrected chi connectivity index (χ2v) is 4.72. The van der Waals surface area contributed by atoms with Crippen LogP contribution < -0.4 is 0 Å². The van der Waals surface area contributed by atoms with Gasteiger partial charge in [0.2, 0.25) is 6.36 Å². The fourth-order valence-corrected chi connectivity index (χ4v) is 2.30. The molecule has 2 heterocycles. The molecule has 0 aromatic rings. The highest BCUT2D eigenvalue weighted by atomic mass is 19.1. The number of fused-ring (bicyclic) bond motifs is 1. The number of ether oxygens (including phenoxy) is 5. The molecule has 6 heteroatoms. The van der Waals surface area contributed by atoms with Crippen LogP contribution in [0.15, 0.2) is 0 Å². The van der Waals surface area contributed by atoms with Gasteiger partial charge in [-0.2, -0.15) is 0 Å². The lowest BCUT2D eigenvalue weighted by Crippen LogP contribution is -2.64. The number of halogens is 1. The zero-order chi connectivity index (χ0) is 12.6. The van der Waals surface area contributed by atoms with Crippen LogP contribution in [0.25, 0.3) is 0 Å². The average molecular weight is 250 g/mol. The van der Waals surface area contributed by atoms with Gasteiger partial charge in [-0.05, 0) is 13.8 Å². The summed E-state index contributed by atoms with van der Waals surface area (Å²) in [6.07, 6.45) is -3.67. The summed E-state index contributed by atoms with van der Waals surface area (Å²) in [5.74, 6) is -0.719.